The molecule has 0 fully saturated rings. The Morgan fingerprint density at radius 2 is 1.92 bits per heavy atom. The molecular weight excluding hydrogens is 345 g/mol. The van der Waals surface area contributed by atoms with Gasteiger partial charge in [0.2, 0.25) is 0 Å². The zero-order valence-electron chi connectivity index (χ0n) is 14.6. The van der Waals surface area contributed by atoms with E-state index in [1.807, 2.05) is 0 Å². The van der Waals surface area contributed by atoms with Crippen molar-refractivity contribution in [3.63, 3.8) is 0 Å². The summed E-state index contributed by atoms with van der Waals surface area (Å²) in [6, 6.07) is 9.16. The molecule has 0 aliphatic heterocycles. The molecule has 0 saturated carbocycles. The van der Waals surface area contributed by atoms with Gasteiger partial charge in [0.1, 0.15) is 17.5 Å². The standard InChI is InChI=1S/C19H21ClFNO3/c1-11-13(6-5-7-15(11)21)17(23)14-10-12(20)8-9-16(14)22-18(24)25-19(2,3)4/h5-10,17,23H,1-4H3,(H,22,24). The smallest absolute Gasteiger partial charge is 0.412 e. The molecule has 0 aliphatic rings. The van der Waals surface area contributed by atoms with E-state index in [0.29, 0.717) is 27.4 Å². The zero-order valence-corrected chi connectivity index (χ0v) is 15.3. The maximum atomic E-state index is 13.8. The number of aliphatic hydroxyl groups excluding tert-OH is 1. The lowest BCUT2D eigenvalue weighted by atomic mass is 9.96. The van der Waals surface area contributed by atoms with Crippen LogP contribution in [0.4, 0.5) is 14.9 Å². The van der Waals surface area contributed by atoms with Gasteiger partial charge in [-0.25, -0.2) is 9.18 Å². The normalized spacial score (nSPS) is 12.6. The lowest BCUT2D eigenvalue weighted by Crippen LogP contribution is -2.27. The van der Waals surface area contributed by atoms with Gasteiger partial charge in [-0.3, -0.25) is 5.32 Å². The zero-order chi connectivity index (χ0) is 18.8. The second kappa shape index (κ2) is 7.42. The van der Waals surface area contributed by atoms with Crippen molar-refractivity contribution in [3.05, 3.63) is 63.9 Å². The van der Waals surface area contributed by atoms with Gasteiger partial charge in [0.05, 0.1) is 5.69 Å². The van der Waals surface area contributed by atoms with Crippen LogP contribution in [-0.2, 0) is 4.74 Å². The fourth-order valence-electron chi connectivity index (χ4n) is 2.38. The number of anilines is 1. The number of aliphatic hydroxyl groups is 1. The molecule has 1 amide bonds. The first-order valence-corrected chi connectivity index (χ1v) is 8.19. The van der Waals surface area contributed by atoms with Crippen LogP contribution < -0.4 is 5.32 Å². The Morgan fingerprint density at radius 3 is 2.56 bits per heavy atom. The number of nitrogens with one attached hydrogen (secondary N) is 1. The Hall–Kier alpha value is -2.11. The number of carbonyl (C=O) groups excluding carboxylic acids is 1. The van der Waals surface area contributed by atoms with Crippen LogP contribution in [0.1, 0.15) is 43.6 Å². The van der Waals surface area contributed by atoms with Gasteiger partial charge in [0.15, 0.2) is 0 Å². The molecule has 0 aromatic heterocycles. The molecular formula is C19H21ClFNO3. The largest absolute Gasteiger partial charge is 0.444 e. The molecule has 6 heteroatoms. The van der Waals surface area contributed by atoms with E-state index < -0.39 is 23.6 Å². The molecule has 0 aliphatic carbocycles. The molecule has 0 saturated heterocycles. The lowest BCUT2D eigenvalue weighted by Gasteiger charge is -2.22. The summed E-state index contributed by atoms with van der Waals surface area (Å²) < 4.78 is 19.0. The summed E-state index contributed by atoms with van der Waals surface area (Å²) in [5.41, 5.74) is 0.767. The van der Waals surface area contributed by atoms with Crippen LogP contribution in [0.5, 0.6) is 0 Å². The van der Waals surface area contributed by atoms with Crippen molar-refractivity contribution in [2.24, 2.45) is 0 Å². The van der Waals surface area contributed by atoms with Crippen LogP contribution in [0.25, 0.3) is 0 Å². The van der Waals surface area contributed by atoms with Crippen LogP contribution in [0, 0.1) is 12.7 Å². The molecule has 0 heterocycles. The Balaban J connectivity index is 2.38. The number of benzene rings is 2. The predicted octanol–water partition coefficient (Wildman–Crippen LogP) is 5.22. The molecule has 2 aromatic rings. The summed E-state index contributed by atoms with van der Waals surface area (Å²) in [7, 11) is 0. The van der Waals surface area contributed by atoms with E-state index in [2.05, 4.69) is 5.32 Å². The van der Waals surface area contributed by atoms with E-state index in [4.69, 9.17) is 16.3 Å². The molecule has 4 nitrogen and oxygen atoms in total. The minimum atomic E-state index is -1.15. The minimum Gasteiger partial charge on any atom is -0.444 e. The molecule has 1 unspecified atom stereocenters. The summed E-state index contributed by atoms with van der Waals surface area (Å²) >= 11 is 6.03. The van der Waals surface area contributed by atoms with Crippen molar-refractivity contribution in [2.45, 2.75) is 39.4 Å². The van der Waals surface area contributed by atoms with Crippen LogP contribution in [0.15, 0.2) is 36.4 Å². The van der Waals surface area contributed by atoms with Gasteiger partial charge in [0.25, 0.3) is 0 Å². The van der Waals surface area contributed by atoms with E-state index in [-0.39, 0.29) is 0 Å². The Kier molecular flexibility index (Phi) is 5.70. The number of amides is 1. The maximum Gasteiger partial charge on any atom is 0.412 e. The molecule has 2 N–H and O–H groups in total. The van der Waals surface area contributed by atoms with Crippen LogP contribution in [0.3, 0.4) is 0 Å². The average molecular weight is 366 g/mol. The number of hydrogen-bond donors (Lipinski definition) is 2. The van der Waals surface area contributed by atoms with Crippen molar-refractivity contribution in [1.82, 2.24) is 0 Å². The minimum absolute atomic E-state index is 0.332. The summed E-state index contributed by atoms with van der Waals surface area (Å²) in [5, 5.41) is 13.7. The van der Waals surface area contributed by atoms with E-state index >= 15 is 0 Å². The lowest BCUT2D eigenvalue weighted by molar-refractivity contribution is 0.0635. The predicted molar refractivity (Wildman–Crippen MR) is 96.5 cm³/mol. The topological polar surface area (TPSA) is 58.6 Å². The van der Waals surface area contributed by atoms with Gasteiger partial charge in [-0.05, 0) is 63.1 Å². The molecule has 0 spiro atoms. The van der Waals surface area contributed by atoms with E-state index in [1.54, 1.807) is 45.9 Å². The molecule has 2 rings (SSSR count). The van der Waals surface area contributed by atoms with Gasteiger partial charge in [-0.1, -0.05) is 23.7 Å². The van der Waals surface area contributed by atoms with E-state index in [9.17, 15) is 14.3 Å². The maximum absolute atomic E-state index is 13.8. The molecule has 134 valence electrons. The summed E-state index contributed by atoms with van der Waals surface area (Å²) in [5.74, 6) is -0.416. The van der Waals surface area contributed by atoms with Gasteiger partial charge < -0.3 is 9.84 Å². The van der Waals surface area contributed by atoms with Gasteiger partial charge >= 0.3 is 6.09 Å². The summed E-state index contributed by atoms with van der Waals surface area (Å²) in [6.45, 7) is 6.83. The van der Waals surface area contributed by atoms with Crippen LogP contribution in [0.2, 0.25) is 5.02 Å². The van der Waals surface area contributed by atoms with Crippen LogP contribution >= 0.6 is 11.6 Å². The number of ether oxygens (including phenoxy) is 1. The number of carbonyl (C=O) groups is 1. The Bertz CT molecular complexity index is 787. The monoisotopic (exact) mass is 365 g/mol. The molecule has 25 heavy (non-hydrogen) atoms. The molecule has 2 aromatic carbocycles. The second-order valence-electron chi connectivity index (χ2n) is 6.72. The summed E-state index contributed by atoms with van der Waals surface area (Å²) in [4.78, 5) is 12.0. The fourth-order valence-corrected chi connectivity index (χ4v) is 2.56. The highest BCUT2D eigenvalue weighted by molar-refractivity contribution is 6.30. The van der Waals surface area contributed by atoms with Crippen molar-refractivity contribution in [1.29, 1.82) is 0 Å². The third-order valence-corrected chi connectivity index (χ3v) is 3.78. The first kappa shape index (κ1) is 19.2. The first-order chi connectivity index (χ1) is 11.6. The number of rotatable bonds is 3. The summed E-state index contributed by atoms with van der Waals surface area (Å²) in [6.07, 6.45) is -1.81. The number of hydrogen-bond acceptors (Lipinski definition) is 3. The van der Waals surface area contributed by atoms with Gasteiger partial charge in [0, 0.05) is 10.6 Å². The van der Waals surface area contributed by atoms with E-state index in [0.717, 1.165) is 0 Å². The second-order valence-corrected chi connectivity index (χ2v) is 7.15. The Morgan fingerprint density at radius 1 is 1.24 bits per heavy atom. The average Bonchev–Trinajstić information content (AvgIpc) is 2.49. The fraction of sp³-hybridized carbons (Fsp3) is 0.316. The quantitative estimate of drug-likeness (QED) is 0.784. The van der Waals surface area contributed by atoms with Crippen LogP contribution in [-0.4, -0.2) is 16.8 Å². The van der Waals surface area contributed by atoms with Crippen molar-refractivity contribution in [2.75, 3.05) is 5.32 Å². The number of halogens is 2. The third kappa shape index (κ3) is 4.94. The van der Waals surface area contributed by atoms with Gasteiger partial charge in [-0.15, -0.1) is 0 Å². The van der Waals surface area contributed by atoms with E-state index in [1.165, 1.54) is 18.2 Å². The van der Waals surface area contributed by atoms with Crippen molar-refractivity contribution in [3.8, 4) is 0 Å². The SMILES string of the molecule is Cc1c(F)cccc1C(O)c1cc(Cl)ccc1NC(=O)OC(C)(C)C. The van der Waals surface area contributed by atoms with Crippen molar-refractivity contribution < 1.29 is 19.0 Å². The molecule has 0 bridgehead atoms. The first-order valence-electron chi connectivity index (χ1n) is 7.81. The van der Waals surface area contributed by atoms with Crippen molar-refractivity contribution >= 4 is 23.4 Å². The van der Waals surface area contributed by atoms with Gasteiger partial charge in [-0.2, -0.15) is 0 Å². The Labute approximate surface area is 151 Å². The molecule has 1 atom stereocenters. The highest BCUT2D eigenvalue weighted by Gasteiger charge is 2.22. The molecule has 0 radical (unpaired) electrons. The third-order valence-electron chi connectivity index (χ3n) is 3.55. The highest BCUT2D eigenvalue weighted by atomic mass is 35.5. The highest BCUT2D eigenvalue weighted by Crippen LogP contribution is 2.33.